The Balaban J connectivity index is 1.40. The van der Waals surface area contributed by atoms with Crippen LogP contribution in [0.4, 0.5) is 11.9 Å². The highest BCUT2D eigenvalue weighted by Gasteiger charge is 2.23. The number of carbonyl (C=O) groups excluding carboxylic acids is 4. The van der Waals surface area contributed by atoms with E-state index < -0.39 is 23.7 Å². The fraction of sp³-hybridized carbons (Fsp3) is 0.297. The number of nitrogens with zero attached hydrogens (tertiary/aromatic N) is 8. The molecule has 4 aromatic heterocycles. The molecule has 4 heterocycles. The largest absolute Gasteiger partial charge is 0.494 e. The van der Waals surface area contributed by atoms with Gasteiger partial charge in [0, 0.05) is 31.7 Å². The van der Waals surface area contributed by atoms with Crippen molar-refractivity contribution in [3.8, 4) is 11.5 Å². The number of rotatable bonds is 14. The van der Waals surface area contributed by atoms with Gasteiger partial charge in [-0.2, -0.15) is 10.2 Å². The molecular formula is C37H41N11O7. The molecule has 0 bridgehead atoms. The predicted octanol–water partition coefficient (Wildman–Crippen LogP) is 4.10. The molecular weight excluding hydrogens is 710 g/mol. The number of anilines is 2. The van der Waals surface area contributed by atoms with Gasteiger partial charge in [0.05, 0.1) is 49.3 Å². The monoisotopic (exact) mass is 751 g/mol. The van der Waals surface area contributed by atoms with Crippen LogP contribution in [0.2, 0.25) is 0 Å². The van der Waals surface area contributed by atoms with Crippen LogP contribution in [0.25, 0.3) is 22.1 Å². The first-order valence-electron chi connectivity index (χ1n) is 17.3. The lowest BCUT2D eigenvalue weighted by molar-refractivity contribution is 0.0600. The van der Waals surface area contributed by atoms with Gasteiger partial charge in [0.2, 0.25) is 17.8 Å². The summed E-state index contributed by atoms with van der Waals surface area (Å²) in [5.41, 5.74) is 9.84. The van der Waals surface area contributed by atoms with Crippen molar-refractivity contribution >= 4 is 57.7 Å². The molecule has 6 rings (SSSR count). The van der Waals surface area contributed by atoms with Crippen molar-refractivity contribution in [3.63, 3.8) is 0 Å². The summed E-state index contributed by atoms with van der Waals surface area (Å²) in [5.74, 6) is -1.07. The van der Waals surface area contributed by atoms with Gasteiger partial charge in [-0.05, 0) is 64.1 Å². The molecule has 0 radical (unpaired) electrons. The lowest BCUT2D eigenvalue weighted by atomic mass is 10.1. The Bertz CT molecular complexity index is 2500. The van der Waals surface area contributed by atoms with Gasteiger partial charge in [-0.15, -0.1) is 0 Å². The summed E-state index contributed by atoms with van der Waals surface area (Å²) < 4.78 is 22.9. The molecule has 0 aliphatic heterocycles. The van der Waals surface area contributed by atoms with E-state index in [1.54, 1.807) is 56.6 Å². The molecule has 0 aliphatic rings. The van der Waals surface area contributed by atoms with E-state index in [-0.39, 0.29) is 36.1 Å². The van der Waals surface area contributed by atoms with Crippen LogP contribution in [0, 0.1) is 13.8 Å². The number of imidazole rings is 2. The minimum absolute atomic E-state index is 0.178. The summed E-state index contributed by atoms with van der Waals surface area (Å²) in [6.07, 6.45) is 3.67. The Kier molecular flexibility index (Phi) is 10.7. The molecule has 0 spiro atoms. The molecule has 0 fully saturated rings. The van der Waals surface area contributed by atoms with Crippen LogP contribution in [0.5, 0.6) is 11.5 Å². The lowest BCUT2D eigenvalue weighted by Crippen LogP contribution is -2.20. The third-order valence-electron chi connectivity index (χ3n) is 8.82. The van der Waals surface area contributed by atoms with E-state index in [4.69, 9.17) is 19.9 Å². The van der Waals surface area contributed by atoms with E-state index in [1.807, 2.05) is 26.0 Å². The van der Waals surface area contributed by atoms with E-state index in [0.717, 1.165) is 0 Å². The number of esters is 1. The number of nitrogens with one attached hydrogen (secondary N) is 2. The highest BCUT2D eigenvalue weighted by atomic mass is 16.5. The fourth-order valence-corrected chi connectivity index (χ4v) is 6.33. The number of benzene rings is 2. The number of methoxy groups -OCH3 is 3. The first-order chi connectivity index (χ1) is 26.4. The number of ether oxygens (including phenoxy) is 3. The summed E-state index contributed by atoms with van der Waals surface area (Å²) in [4.78, 5) is 61.1. The highest BCUT2D eigenvalue weighted by Crippen LogP contribution is 2.33. The standard InChI is InChI=1S/C37H41N11O7/c1-8-47-26(14-20(3)43-47)33(50)41-36-39-24-16-22(32(38)49)18-28(53-5)30(24)45(36)12-10-11-13-46-31-25(17-23(35(52)55-7)19-29(31)54-6)40-37(46)42-34(51)27-15-21(4)44-48(27)9-2/h10-11,14-19H,8-9,12-13H2,1-7H3,(H2,38,49)(H,39,41,50)(H,40,42,51)/b11-10+. The van der Waals surface area contributed by atoms with Crippen LogP contribution in [-0.2, 0) is 30.9 Å². The van der Waals surface area contributed by atoms with E-state index in [1.165, 1.54) is 33.5 Å². The molecule has 3 amide bonds. The maximum atomic E-state index is 13.6. The maximum absolute atomic E-state index is 13.6. The van der Waals surface area contributed by atoms with Crippen molar-refractivity contribution in [2.45, 2.75) is 53.9 Å². The molecule has 18 nitrogen and oxygen atoms in total. The molecule has 0 saturated carbocycles. The Morgan fingerprint density at radius 1 is 0.691 bits per heavy atom. The van der Waals surface area contributed by atoms with Crippen molar-refractivity contribution in [3.05, 3.63) is 82.5 Å². The van der Waals surface area contributed by atoms with Crippen LogP contribution < -0.4 is 25.8 Å². The van der Waals surface area contributed by atoms with Gasteiger partial charge in [0.25, 0.3) is 11.8 Å². The first-order valence-corrected chi connectivity index (χ1v) is 17.3. The smallest absolute Gasteiger partial charge is 0.338 e. The fourth-order valence-electron chi connectivity index (χ4n) is 6.33. The van der Waals surface area contributed by atoms with Crippen molar-refractivity contribution in [1.29, 1.82) is 0 Å². The predicted molar refractivity (Wildman–Crippen MR) is 203 cm³/mol. The molecule has 0 unspecified atom stereocenters. The molecule has 6 aromatic rings. The second-order valence-corrected chi connectivity index (χ2v) is 12.4. The van der Waals surface area contributed by atoms with Gasteiger partial charge in [0.1, 0.15) is 33.9 Å². The zero-order valence-corrected chi connectivity index (χ0v) is 31.5. The summed E-state index contributed by atoms with van der Waals surface area (Å²) in [7, 11) is 4.21. The van der Waals surface area contributed by atoms with Gasteiger partial charge < -0.3 is 29.1 Å². The zero-order chi connectivity index (χ0) is 39.6. The van der Waals surface area contributed by atoms with Crippen LogP contribution in [-0.4, -0.2) is 83.7 Å². The number of aryl methyl sites for hydroxylation is 4. The third kappa shape index (κ3) is 7.33. The Labute approximate surface area is 314 Å². The number of hydrogen-bond donors (Lipinski definition) is 3. The number of nitrogens with two attached hydrogens (primary N) is 1. The van der Waals surface area contributed by atoms with Gasteiger partial charge >= 0.3 is 5.97 Å². The molecule has 4 N–H and O–H groups in total. The van der Waals surface area contributed by atoms with Crippen molar-refractivity contribution in [2.75, 3.05) is 32.0 Å². The maximum Gasteiger partial charge on any atom is 0.338 e. The minimum atomic E-state index is -0.665. The average molecular weight is 752 g/mol. The topological polar surface area (TPSA) is 217 Å². The van der Waals surface area contributed by atoms with Crippen LogP contribution in [0.3, 0.4) is 0 Å². The number of amides is 3. The normalized spacial score (nSPS) is 11.4. The van der Waals surface area contributed by atoms with E-state index in [0.29, 0.717) is 69.4 Å². The van der Waals surface area contributed by atoms with Gasteiger partial charge in [-0.25, -0.2) is 14.8 Å². The van der Waals surface area contributed by atoms with Gasteiger partial charge in [-0.3, -0.25) is 34.4 Å². The lowest BCUT2D eigenvalue weighted by Gasteiger charge is -2.12. The Morgan fingerprint density at radius 2 is 1.13 bits per heavy atom. The summed E-state index contributed by atoms with van der Waals surface area (Å²) in [6.45, 7) is 8.69. The van der Waals surface area contributed by atoms with Crippen molar-refractivity contribution < 1.29 is 33.4 Å². The summed E-state index contributed by atoms with van der Waals surface area (Å²) in [5, 5.41) is 14.6. The Hall–Kier alpha value is -6.98. The third-order valence-corrected chi connectivity index (χ3v) is 8.82. The average Bonchev–Trinajstić information content (AvgIpc) is 3.94. The van der Waals surface area contributed by atoms with E-state index >= 15 is 0 Å². The SMILES string of the molecule is CCn1nc(C)cc1C(=O)Nc1nc2cc(C(N)=O)cc(OC)c2n1C/C=C/Cn1c(NC(=O)c2cc(C)nn2CC)nc2cc(C(=O)OC)cc(OC)c21. The van der Waals surface area contributed by atoms with Crippen molar-refractivity contribution in [2.24, 2.45) is 5.73 Å². The molecule has 2 aromatic carbocycles. The second-order valence-electron chi connectivity index (χ2n) is 12.4. The quantitative estimate of drug-likeness (QED) is 0.106. The second kappa shape index (κ2) is 15.6. The number of primary amides is 1. The summed E-state index contributed by atoms with van der Waals surface area (Å²) >= 11 is 0. The molecule has 55 heavy (non-hydrogen) atoms. The van der Waals surface area contributed by atoms with Crippen LogP contribution in [0.15, 0.2) is 48.6 Å². The molecule has 0 saturated heterocycles. The number of carbonyl (C=O) groups is 4. The first kappa shape index (κ1) is 37.8. The van der Waals surface area contributed by atoms with Crippen LogP contribution in [0.1, 0.15) is 66.9 Å². The molecule has 18 heteroatoms. The summed E-state index contributed by atoms with van der Waals surface area (Å²) in [6, 6.07) is 9.52. The van der Waals surface area contributed by atoms with E-state index in [9.17, 15) is 19.2 Å². The number of hydrogen-bond acceptors (Lipinski definition) is 11. The highest BCUT2D eigenvalue weighted by molar-refractivity contribution is 6.05. The minimum Gasteiger partial charge on any atom is -0.494 e. The molecule has 0 aliphatic carbocycles. The molecule has 0 atom stereocenters. The Morgan fingerprint density at radius 3 is 1.53 bits per heavy atom. The van der Waals surface area contributed by atoms with Gasteiger partial charge in [-0.1, -0.05) is 12.2 Å². The van der Waals surface area contributed by atoms with Gasteiger partial charge in [0.15, 0.2) is 0 Å². The van der Waals surface area contributed by atoms with Crippen LogP contribution >= 0.6 is 0 Å². The number of fused-ring (bicyclic) bond motifs is 2. The van der Waals surface area contributed by atoms with E-state index in [2.05, 4.69) is 30.8 Å². The molecule has 286 valence electrons. The zero-order valence-electron chi connectivity index (χ0n) is 31.5. The number of aromatic nitrogens is 8. The number of allylic oxidation sites excluding steroid dienone is 2. The van der Waals surface area contributed by atoms with Crippen molar-refractivity contribution in [1.82, 2.24) is 38.7 Å².